The quantitative estimate of drug-likeness (QED) is 0.435. The minimum atomic E-state index is -0.664. The number of nitrogens with zero attached hydrogens (tertiary/aromatic N) is 1. The molecule has 1 aliphatic rings. The lowest BCUT2D eigenvalue weighted by Gasteiger charge is -2.34. The zero-order valence-electron chi connectivity index (χ0n) is 20.2. The second-order valence-electron chi connectivity index (χ2n) is 9.03. The number of hydrogen-bond acceptors (Lipinski definition) is 4. The lowest BCUT2D eigenvalue weighted by atomic mass is 9.77. The number of aliphatic hydroxyl groups excluding tert-OH is 1. The van der Waals surface area contributed by atoms with Crippen LogP contribution in [0.25, 0.3) is 0 Å². The maximum atomic E-state index is 13.1. The first-order valence-electron chi connectivity index (χ1n) is 12.5. The highest BCUT2D eigenvalue weighted by molar-refractivity contribution is 5.88. The van der Waals surface area contributed by atoms with E-state index in [0.29, 0.717) is 13.1 Å². The number of aryl methyl sites for hydroxylation is 1. The van der Waals surface area contributed by atoms with Crippen LogP contribution in [0.2, 0.25) is 0 Å². The van der Waals surface area contributed by atoms with Crippen LogP contribution in [-0.2, 0) is 22.6 Å². The molecule has 1 saturated carbocycles. The van der Waals surface area contributed by atoms with Crippen molar-refractivity contribution in [2.24, 2.45) is 11.8 Å². The monoisotopic (exact) mass is 445 g/mol. The molecule has 180 valence electrons. The largest absolute Gasteiger partial charge is 0.390 e. The van der Waals surface area contributed by atoms with Crippen molar-refractivity contribution in [3.8, 4) is 0 Å². The molecule has 6 nitrogen and oxygen atoms in total. The van der Waals surface area contributed by atoms with Gasteiger partial charge in [0.15, 0.2) is 0 Å². The summed E-state index contributed by atoms with van der Waals surface area (Å²) >= 11 is 0. The molecular weight excluding hydrogens is 402 g/mol. The molecule has 32 heavy (non-hydrogen) atoms. The summed E-state index contributed by atoms with van der Waals surface area (Å²) < 4.78 is 0. The number of carbonyl (C=O) groups is 2. The normalized spacial score (nSPS) is 19.4. The van der Waals surface area contributed by atoms with Gasteiger partial charge in [0.25, 0.3) is 0 Å². The molecule has 3 unspecified atom stereocenters. The van der Waals surface area contributed by atoms with Crippen molar-refractivity contribution in [1.29, 1.82) is 0 Å². The second-order valence-corrected chi connectivity index (χ2v) is 9.03. The van der Waals surface area contributed by atoms with Gasteiger partial charge in [0, 0.05) is 44.6 Å². The Bertz CT molecular complexity index is 703. The fourth-order valence-corrected chi connectivity index (χ4v) is 4.61. The number of rotatable bonds is 13. The third-order valence-corrected chi connectivity index (χ3v) is 6.34. The molecule has 1 fully saturated rings. The number of carbonyl (C=O) groups excluding carboxylic acids is 2. The number of nitrogens with one attached hydrogen (secondary N) is 2. The van der Waals surface area contributed by atoms with Crippen LogP contribution in [0.3, 0.4) is 0 Å². The highest BCUT2D eigenvalue weighted by Crippen LogP contribution is 2.32. The number of amides is 2. The Morgan fingerprint density at radius 3 is 2.34 bits per heavy atom. The van der Waals surface area contributed by atoms with Crippen molar-refractivity contribution in [3.63, 3.8) is 0 Å². The van der Waals surface area contributed by atoms with Crippen LogP contribution in [-0.4, -0.2) is 54.1 Å². The van der Waals surface area contributed by atoms with Crippen LogP contribution in [0.5, 0.6) is 0 Å². The molecule has 2 amide bonds. The molecule has 3 N–H and O–H groups in total. The molecule has 1 aliphatic carbocycles. The van der Waals surface area contributed by atoms with Gasteiger partial charge in [0.2, 0.25) is 11.8 Å². The van der Waals surface area contributed by atoms with Crippen molar-refractivity contribution < 1.29 is 14.7 Å². The summed E-state index contributed by atoms with van der Waals surface area (Å²) in [6.07, 6.45) is 5.69. The molecular formula is C26H43N3O3. The van der Waals surface area contributed by atoms with Crippen LogP contribution in [0, 0.1) is 11.8 Å². The molecule has 0 saturated heterocycles. The first kappa shape index (κ1) is 26.3. The van der Waals surface area contributed by atoms with E-state index in [4.69, 9.17) is 0 Å². The highest BCUT2D eigenvalue weighted by Gasteiger charge is 2.37. The van der Waals surface area contributed by atoms with E-state index in [9.17, 15) is 14.7 Å². The van der Waals surface area contributed by atoms with Gasteiger partial charge in [-0.2, -0.15) is 0 Å². The van der Waals surface area contributed by atoms with Gasteiger partial charge in [-0.3, -0.25) is 9.59 Å². The van der Waals surface area contributed by atoms with E-state index in [-0.39, 0.29) is 30.2 Å². The van der Waals surface area contributed by atoms with Crippen molar-refractivity contribution in [2.45, 2.75) is 78.4 Å². The zero-order chi connectivity index (χ0) is 23.3. The summed E-state index contributed by atoms with van der Waals surface area (Å²) in [4.78, 5) is 28.0. The Morgan fingerprint density at radius 1 is 1.03 bits per heavy atom. The van der Waals surface area contributed by atoms with Gasteiger partial charge in [-0.05, 0) is 43.2 Å². The lowest BCUT2D eigenvalue weighted by Crippen LogP contribution is -2.47. The fraction of sp³-hybridized carbons (Fsp3) is 0.692. The molecule has 1 aromatic rings. The van der Waals surface area contributed by atoms with Gasteiger partial charge in [-0.1, -0.05) is 57.9 Å². The summed E-state index contributed by atoms with van der Waals surface area (Å²) in [6.45, 7) is 9.09. The van der Waals surface area contributed by atoms with E-state index in [1.54, 1.807) is 0 Å². The van der Waals surface area contributed by atoms with Crippen LogP contribution in [0.1, 0.15) is 70.4 Å². The molecule has 1 aromatic carbocycles. The molecule has 0 aliphatic heterocycles. The van der Waals surface area contributed by atoms with Gasteiger partial charge in [0.05, 0.1) is 6.10 Å². The summed E-state index contributed by atoms with van der Waals surface area (Å²) in [7, 11) is 0. The fourth-order valence-electron chi connectivity index (χ4n) is 4.61. The van der Waals surface area contributed by atoms with Gasteiger partial charge in [-0.25, -0.2) is 0 Å². The minimum absolute atomic E-state index is 0.0920. The van der Waals surface area contributed by atoms with E-state index >= 15 is 0 Å². The molecule has 2 rings (SSSR count). The highest BCUT2D eigenvalue weighted by atomic mass is 16.3. The summed E-state index contributed by atoms with van der Waals surface area (Å²) in [5, 5.41) is 16.5. The van der Waals surface area contributed by atoms with Crippen molar-refractivity contribution in [1.82, 2.24) is 15.5 Å². The van der Waals surface area contributed by atoms with Gasteiger partial charge < -0.3 is 20.6 Å². The molecule has 0 spiro atoms. The second kappa shape index (κ2) is 14.3. The predicted octanol–water partition coefficient (Wildman–Crippen LogP) is 3.27. The SMILES string of the molecule is CCCN(CCC)C(=O)C1CCCCC1C(=O)NCC(O)CNCc1cccc(CC)c1. The molecule has 0 aromatic heterocycles. The van der Waals surface area contributed by atoms with Gasteiger partial charge in [-0.15, -0.1) is 0 Å². The van der Waals surface area contributed by atoms with E-state index in [2.05, 4.69) is 55.7 Å². The smallest absolute Gasteiger partial charge is 0.226 e. The Hall–Kier alpha value is -1.92. The van der Waals surface area contributed by atoms with E-state index in [1.807, 2.05) is 4.90 Å². The number of benzene rings is 1. The molecule has 3 atom stereocenters. The Balaban J connectivity index is 1.81. The van der Waals surface area contributed by atoms with Crippen LogP contribution in [0.4, 0.5) is 0 Å². The average molecular weight is 446 g/mol. The maximum Gasteiger partial charge on any atom is 0.226 e. The number of hydrogen-bond donors (Lipinski definition) is 3. The van der Waals surface area contributed by atoms with Crippen LogP contribution in [0.15, 0.2) is 24.3 Å². The van der Waals surface area contributed by atoms with Gasteiger partial charge in [0.1, 0.15) is 0 Å². The first-order chi connectivity index (χ1) is 15.5. The Labute approximate surface area is 194 Å². The summed E-state index contributed by atoms with van der Waals surface area (Å²) in [5.41, 5.74) is 2.48. The summed E-state index contributed by atoms with van der Waals surface area (Å²) in [6, 6.07) is 8.40. The standard InChI is InChI=1S/C26H43N3O3/c1-4-14-29(15-5-2)26(32)24-13-8-7-12-23(24)25(31)28-19-22(30)18-27-17-21-11-9-10-20(6-3)16-21/h9-11,16,22-24,27,30H,4-8,12-15,17-19H2,1-3H3,(H,28,31). The molecule has 0 bridgehead atoms. The van der Waals surface area contributed by atoms with E-state index in [0.717, 1.165) is 58.0 Å². The number of aliphatic hydroxyl groups is 1. The molecule has 6 heteroatoms. The van der Waals surface area contributed by atoms with Crippen LogP contribution >= 0.6 is 0 Å². The van der Waals surface area contributed by atoms with E-state index < -0.39 is 6.10 Å². The first-order valence-corrected chi connectivity index (χ1v) is 12.5. The van der Waals surface area contributed by atoms with Crippen LogP contribution < -0.4 is 10.6 Å². The third-order valence-electron chi connectivity index (χ3n) is 6.34. The molecule has 0 heterocycles. The summed E-state index contributed by atoms with van der Waals surface area (Å²) in [5.74, 6) is -0.483. The average Bonchev–Trinajstić information content (AvgIpc) is 2.82. The lowest BCUT2D eigenvalue weighted by molar-refractivity contribution is -0.143. The zero-order valence-corrected chi connectivity index (χ0v) is 20.2. The topological polar surface area (TPSA) is 81.7 Å². The van der Waals surface area contributed by atoms with E-state index in [1.165, 1.54) is 11.1 Å². The third kappa shape index (κ3) is 8.21. The van der Waals surface area contributed by atoms with Crippen molar-refractivity contribution in [3.05, 3.63) is 35.4 Å². The molecule has 0 radical (unpaired) electrons. The van der Waals surface area contributed by atoms with Crippen molar-refractivity contribution in [2.75, 3.05) is 26.2 Å². The Morgan fingerprint density at radius 2 is 1.69 bits per heavy atom. The van der Waals surface area contributed by atoms with Crippen molar-refractivity contribution >= 4 is 11.8 Å². The predicted molar refractivity (Wildman–Crippen MR) is 129 cm³/mol. The Kier molecular flexibility index (Phi) is 11.7. The van der Waals surface area contributed by atoms with Gasteiger partial charge >= 0.3 is 0 Å². The minimum Gasteiger partial charge on any atom is -0.390 e. The maximum absolute atomic E-state index is 13.1.